The van der Waals surface area contributed by atoms with Gasteiger partial charge in [-0.3, -0.25) is 10.1 Å². The summed E-state index contributed by atoms with van der Waals surface area (Å²) in [5.41, 5.74) is -2.94. The van der Waals surface area contributed by atoms with Gasteiger partial charge in [0.15, 0.2) is 15.1 Å². The van der Waals surface area contributed by atoms with E-state index in [0.29, 0.717) is 18.4 Å². The van der Waals surface area contributed by atoms with Gasteiger partial charge >= 0.3 is 6.18 Å². The van der Waals surface area contributed by atoms with Crippen LogP contribution in [0.3, 0.4) is 0 Å². The van der Waals surface area contributed by atoms with Gasteiger partial charge in [0.2, 0.25) is 0 Å². The maximum absolute atomic E-state index is 12.5. The fourth-order valence-corrected chi connectivity index (χ4v) is 2.35. The van der Waals surface area contributed by atoms with Gasteiger partial charge in [0.05, 0.1) is 22.1 Å². The van der Waals surface area contributed by atoms with Gasteiger partial charge in [-0.05, 0) is 12.1 Å². The summed E-state index contributed by atoms with van der Waals surface area (Å²) >= 11 is 0. The van der Waals surface area contributed by atoms with Gasteiger partial charge in [0, 0.05) is 12.3 Å². The van der Waals surface area contributed by atoms with Gasteiger partial charge in [-0.25, -0.2) is 8.42 Å². The molecule has 0 aliphatic rings. The first-order valence-corrected chi connectivity index (χ1v) is 6.88. The average molecular weight is 308 g/mol. The zero-order chi connectivity index (χ0) is 15.7. The zero-order valence-corrected chi connectivity index (χ0v) is 10.7. The molecule has 1 atom stereocenters. The molecule has 0 aliphatic carbocycles. The Balaban J connectivity index is 3.58. The largest absolute Gasteiger partial charge is 0.416 e. The highest BCUT2D eigenvalue weighted by atomic mass is 32.2. The summed E-state index contributed by atoms with van der Waals surface area (Å²) < 4.78 is 60.1. The number of nitriles is 1. The number of alkyl halides is 3. The molecule has 10 heteroatoms. The van der Waals surface area contributed by atoms with E-state index in [4.69, 9.17) is 5.26 Å². The predicted molar refractivity (Wildman–Crippen MR) is 61.3 cm³/mol. The van der Waals surface area contributed by atoms with E-state index in [-0.39, 0.29) is 6.07 Å². The van der Waals surface area contributed by atoms with E-state index in [1.165, 1.54) is 6.07 Å². The number of nitro benzene ring substituents is 1. The van der Waals surface area contributed by atoms with Crippen molar-refractivity contribution in [3.63, 3.8) is 0 Å². The molecule has 0 aliphatic heterocycles. The molecule has 20 heavy (non-hydrogen) atoms. The van der Waals surface area contributed by atoms with Gasteiger partial charge in [-0.15, -0.1) is 0 Å². The summed E-state index contributed by atoms with van der Waals surface area (Å²) in [6.45, 7) is 0. The van der Waals surface area contributed by atoms with Crippen molar-refractivity contribution < 1.29 is 26.5 Å². The third-order valence-corrected chi connectivity index (χ3v) is 3.60. The summed E-state index contributed by atoms with van der Waals surface area (Å²) in [7, 11) is -4.02. The van der Waals surface area contributed by atoms with E-state index < -0.39 is 43.0 Å². The van der Waals surface area contributed by atoms with E-state index in [0.717, 1.165) is 0 Å². The van der Waals surface area contributed by atoms with Crippen LogP contribution in [-0.4, -0.2) is 19.6 Å². The highest BCUT2D eigenvalue weighted by Crippen LogP contribution is 2.36. The van der Waals surface area contributed by atoms with Crippen molar-refractivity contribution in [3.8, 4) is 6.07 Å². The van der Waals surface area contributed by atoms with Crippen LogP contribution in [0, 0.1) is 21.4 Å². The lowest BCUT2D eigenvalue weighted by Gasteiger charge is -2.11. The van der Waals surface area contributed by atoms with Crippen LogP contribution in [0.4, 0.5) is 18.9 Å². The predicted octanol–water partition coefficient (Wildman–Crippen LogP) is 2.22. The molecule has 0 spiro atoms. The third kappa shape index (κ3) is 3.24. The molecule has 1 aromatic rings. The average Bonchev–Trinajstić information content (AvgIpc) is 2.26. The number of nitrogens with zero attached hydrogens (tertiary/aromatic N) is 2. The molecule has 0 fully saturated rings. The summed E-state index contributed by atoms with van der Waals surface area (Å²) in [5.74, 6) is 0. The number of rotatable bonds is 3. The van der Waals surface area contributed by atoms with Gasteiger partial charge < -0.3 is 0 Å². The summed E-state index contributed by atoms with van der Waals surface area (Å²) in [5, 5.41) is 17.7. The van der Waals surface area contributed by atoms with Crippen molar-refractivity contribution in [1.82, 2.24) is 0 Å². The third-order valence-electron chi connectivity index (χ3n) is 2.38. The van der Waals surface area contributed by atoms with Gasteiger partial charge in [-0.1, -0.05) is 0 Å². The lowest BCUT2D eigenvalue weighted by Crippen LogP contribution is -2.13. The molecule has 0 saturated heterocycles. The normalized spacial score (nSPS) is 13.6. The second-order valence-electron chi connectivity index (χ2n) is 3.87. The Kier molecular flexibility index (Phi) is 4.04. The van der Waals surface area contributed by atoms with Crippen molar-refractivity contribution in [2.75, 3.05) is 6.26 Å². The van der Waals surface area contributed by atoms with Crippen LogP contribution in [0.15, 0.2) is 18.2 Å². The number of benzene rings is 1. The molecule has 0 N–H and O–H groups in total. The highest BCUT2D eigenvalue weighted by Gasteiger charge is 2.36. The van der Waals surface area contributed by atoms with Crippen LogP contribution in [0.25, 0.3) is 0 Å². The molecule has 6 nitrogen and oxygen atoms in total. The van der Waals surface area contributed by atoms with Crippen molar-refractivity contribution in [2.24, 2.45) is 0 Å². The van der Waals surface area contributed by atoms with Gasteiger partial charge in [-0.2, -0.15) is 18.4 Å². The molecular weight excluding hydrogens is 301 g/mol. The van der Waals surface area contributed by atoms with E-state index in [9.17, 15) is 31.7 Å². The number of hydrogen-bond donors (Lipinski definition) is 0. The monoisotopic (exact) mass is 308 g/mol. The fourth-order valence-electron chi connectivity index (χ4n) is 1.50. The molecule has 0 aromatic heterocycles. The topological polar surface area (TPSA) is 101 Å². The van der Waals surface area contributed by atoms with Crippen LogP contribution < -0.4 is 0 Å². The van der Waals surface area contributed by atoms with E-state index in [1.54, 1.807) is 0 Å². The lowest BCUT2D eigenvalue weighted by molar-refractivity contribution is -0.385. The number of nitro groups is 1. The number of sulfone groups is 1. The summed E-state index contributed by atoms with van der Waals surface area (Å²) in [4.78, 5) is 9.63. The molecule has 0 bridgehead atoms. The minimum absolute atomic E-state index is 0.213. The Hall–Kier alpha value is -2.15. The number of halogens is 3. The van der Waals surface area contributed by atoms with Crippen LogP contribution in [0.2, 0.25) is 0 Å². The van der Waals surface area contributed by atoms with Crippen LogP contribution in [0.5, 0.6) is 0 Å². The molecular formula is C10H7F3N2O4S. The van der Waals surface area contributed by atoms with E-state index >= 15 is 0 Å². The van der Waals surface area contributed by atoms with Gasteiger partial charge in [0.25, 0.3) is 5.69 Å². The Bertz CT molecular complexity index is 691. The first kappa shape index (κ1) is 15.9. The minimum Gasteiger partial charge on any atom is -0.258 e. The van der Waals surface area contributed by atoms with E-state index in [1.807, 2.05) is 0 Å². The molecule has 1 aromatic carbocycles. The molecule has 0 saturated carbocycles. The zero-order valence-electron chi connectivity index (χ0n) is 9.88. The van der Waals surface area contributed by atoms with Crippen molar-refractivity contribution in [3.05, 3.63) is 39.4 Å². The Labute approximate surface area is 111 Å². The quantitative estimate of drug-likeness (QED) is 0.629. The van der Waals surface area contributed by atoms with Gasteiger partial charge in [0.1, 0.15) is 0 Å². The SMILES string of the molecule is CS(=O)(=O)C(C#N)c1ccc(C(F)(F)F)cc1[N+](=O)[O-]. The summed E-state index contributed by atoms with van der Waals surface area (Å²) in [6, 6.07) is 2.68. The Morgan fingerprint density at radius 1 is 1.40 bits per heavy atom. The van der Waals surface area contributed by atoms with Crippen LogP contribution in [0.1, 0.15) is 16.4 Å². The molecule has 0 amide bonds. The number of hydrogen-bond acceptors (Lipinski definition) is 5. The fraction of sp³-hybridized carbons (Fsp3) is 0.300. The smallest absolute Gasteiger partial charge is 0.258 e. The Morgan fingerprint density at radius 2 is 1.95 bits per heavy atom. The molecule has 1 unspecified atom stereocenters. The maximum atomic E-state index is 12.5. The first-order valence-electron chi connectivity index (χ1n) is 4.92. The van der Waals surface area contributed by atoms with Crippen LogP contribution in [-0.2, 0) is 16.0 Å². The molecule has 0 radical (unpaired) electrons. The highest BCUT2D eigenvalue weighted by molar-refractivity contribution is 7.91. The molecule has 108 valence electrons. The standard InChI is InChI=1S/C10H7F3N2O4S/c1-20(18,19)9(5-14)7-3-2-6(10(11,12)13)4-8(7)15(16)17/h2-4,9H,1H3. The second-order valence-corrected chi connectivity index (χ2v) is 6.00. The Morgan fingerprint density at radius 3 is 2.30 bits per heavy atom. The summed E-state index contributed by atoms with van der Waals surface area (Å²) in [6.07, 6.45) is -4.14. The maximum Gasteiger partial charge on any atom is 0.416 e. The van der Waals surface area contributed by atoms with E-state index in [2.05, 4.69) is 0 Å². The molecule has 1 rings (SSSR count). The van der Waals surface area contributed by atoms with Crippen molar-refractivity contribution in [2.45, 2.75) is 11.4 Å². The molecule has 0 heterocycles. The lowest BCUT2D eigenvalue weighted by atomic mass is 10.1. The van der Waals surface area contributed by atoms with Crippen molar-refractivity contribution >= 4 is 15.5 Å². The second kappa shape index (κ2) is 5.09. The van der Waals surface area contributed by atoms with Crippen molar-refractivity contribution in [1.29, 1.82) is 5.26 Å². The first-order chi connectivity index (χ1) is 8.98. The minimum atomic E-state index is -4.81. The van der Waals surface area contributed by atoms with Crippen LogP contribution >= 0.6 is 0 Å².